The molecule has 0 unspecified atom stereocenters. The Bertz CT molecular complexity index is 1300. The smallest absolute Gasteiger partial charge is 0.225 e. The molecule has 1 aliphatic rings. The Morgan fingerprint density at radius 2 is 1.88 bits per heavy atom. The Morgan fingerprint density at radius 3 is 2.62 bits per heavy atom. The summed E-state index contributed by atoms with van der Waals surface area (Å²) in [6, 6.07) is 14.7. The molecule has 1 atom stereocenters. The summed E-state index contributed by atoms with van der Waals surface area (Å²) < 4.78 is 16.2. The van der Waals surface area contributed by atoms with Gasteiger partial charge in [0.05, 0.1) is 22.0 Å². The molecule has 1 amide bonds. The number of aromatic nitrogens is 3. The van der Waals surface area contributed by atoms with Crippen molar-refractivity contribution in [3.05, 3.63) is 71.2 Å². The van der Waals surface area contributed by atoms with E-state index in [2.05, 4.69) is 46.5 Å². The molecule has 5 rings (SSSR count). The Hall–Kier alpha value is -3.26. The van der Waals surface area contributed by atoms with Crippen LogP contribution >= 0.6 is 11.3 Å². The average Bonchev–Trinajstić information content (AvgIpc) is 3.44. The maximum absolute atomic E-state index is 13.4. The van der Waals surface area contributed by atoms with Gasteiger partial charge in [0.25, 0.3) is 0 Å². The van der Waals surface area contributed by atoms with Crippen LogP contribution in [0.3, 0.4) is 0 Å². The molecule has 1 aliphatic heterocycles. The highest BCUT2D eigenvalue weighted by Crippen LogP contribution is 2.34. The van der Waals surface area contributed by atoms with Crippen LogP contribution in [0.25, 0.3) is 16.0 Å². The summed E-state index contributed by atoms with van der Waals surface area (Å²) in [5.41, 5.74) is 4.85. The normalized spacial score (nSPS) is 16.2. The number of anilines is 1. The van der Waals surface area contributed by atoms with E-state index in [1.807, 2.05) is 6.92 Å². The first-order valence-electron chi connectivity index (χ1n) is 11.7. The van der Waals surface area contributed by atoms with Gasteiger partial charge in [-0.05, 0) is 61.6 Å². The number of halogens is 1. The third kappa shape index (κ3) is 4.55. The van der Waals surface area contributed by atoms with Gasteiger partial charge in [0.2, 0.25) is 5.91 Å². The lowest BCUT2D eigenvalue weighted by molar-refractivity contribution is -0.125. The van der Waals surface area contributed by atoms with E-state index < -0.39 is 0 Å². The Kier molecular flexibility index (Phi) is 6.32. The number of hydrogen-bond donors (Lipinski definition) is 1. The van der Waals surface area contributed by atoms with Gasteiger partial charge in [-0.1, -0.05) is 42.5 Å². The fourth-order valence-electron chi connectivity index (χ4n) is 4.41. The monoisotopic (exact) mass is 477 g/mol. The fraction of sp³-hybridized carbons (Fsp3) is 0.346. The number of hydrogen-bond acceptors (Lipinski definition) is 5. The summed E-state index contributed by atoms with van der Waals surface area (Å²) in [5.74, 6) is -0.247. The van der Waals surface area contributed by atoms with Crippen molar-refractivity contribution in [2.24, 2.45) is 5.92 Å². The molecule has 0 bridgehead atoms. The number of nitrogens with one attached hydrogen (secondary N) is 1. The summed E-state index contributed by atoms with van der Waals surface area (Å²) in [5, 5.41) is 8.62. The number of amides is 1. The minimum absolute atomic E-state index is 0.0645. The van der Waals surface area contributed by atoms with Crippen LogP contribution in [-0.2, 0) is 17.8 Å². The van der Waals surface area contributed by atoms with Crippen molar-refractivity contribution >= 4 is 32.7 Å². The molecule has 4 aromatic rings. The number of aryl methyl sites for hydroxylation is 2. The highest BCUT2D eigenvalue weighted by Gasteiger charge is 2.28. The second kappa shape index (κ2) is 9.54. The van der Waals surface area contributed by atoms with E-state index in [0.29, 0.717) is 13.1 Å². The van der Waals surface area contributed by atoms with Crippen molar-refractivity contribution in [3.8, 4) is 5.69 Å². The molecule has 0 radical (unpaired) electrons. The summed E-state index contributed by atoms with van der Waals surface area (Å²) in [6.07, 6.45) is 2.84. The number of nitrogens with zero attached hydrogens (tertiary/aromatic N) is 4. The number of piperidine rings is 1. The lowest BCUT2D eigenvalue weighted by Gasteiger charge is -2.31. The second-order valence-corrected chi connectivity index (χ2v) is 9.77. The maximum atomic E-state index is 13.4. The van der Waals surface area contributed by atoms with E-state index in [-0.39, 0.29) is 17.6 Å². The number of thiazole rings is 1. The number of benzene rings is 2. The Balaban J connectivity index is 1.29. The number of fused-ring (bicyclic) bond motifs is 1. The minimum atomic E-state index is -0.279. The second-order valence-electron chi connectivity index (χ2n) is 8.80. The van der Waals surface area contributed by atoms with Crippen molar-refractivity contribution in [1.82, 2.24) is 20.1 Å². The zero-order valence-electron chi connectivity index (χ0n) is 19.4. The quantitative estimate of drug-likeness (QED) is 0.423. The number of rotatable bonds is 6. The van der Waals surface area contributed by atoms with Crippen LogP contribution in [0.15, 0.2) is 48.5 Å². The summed E-state index contributed by atoms with van der Waals surface area (Å²) in [4.78, 5) is 20.0. The molecule has 1 saturated heterocycles. The molecule has 8 heteroatoms. The van der Waals surface area contributed by atoms with Gasteiger partial charge >= 0.3 is 0 Å². The van der Waals surface area contributed by atoms with E-state index in [4.69, 9.17) is 4.98 Å². The van der Waals surface area contributed by atoms with Crippen molar-refractivity contribution in [2.45, 2.75) is 39.7 Å². The molecule has 1 fully saturated rings. The van der Waals surface area contributed by atoms with E-state index in [0.717, 1.165) is 58.2 Å². The number of carbonyl (C=O) groups is 1. The number of carbonyl (C=O) groups excluding carboxylic acids is 1. The Morgan fingerprint density at radius 1 is 1.15 bits per heavy atom. The van der Waals surface area contributed by atoms with Gasteiger partial charge in [-0.15, -0.1) is 0 Å². The molecule has 6 nitrogen and oxygen atoms in total. The van der Waals surface area contributed by atoms with Gasteiger partial charge < -0.3 is 10.2 Å². The third-order valence-electron chi connectivity index (χ3n) is 6.41. The largest absolute Gasteiger partial charge is 0.352 e. The molecule has 0 spiro atoms. The molecule has 2 aromatic carbocycles. The molecular formula is C26H28FN5OS. The zero-order valence-corrected chi connectivity index (χ0v) is 20.2. The van der Waals surface area contributed by atoms with Crippen molar-refractivity contribution in [2.75, 3.05) is 18.0 Å². The maximum Gasteiger partial charge on any atom is 0.225 e. The molecule has 0 aliphatic carbocycles. The van der Waals surface area contributed by atoms with Crippen LogP contribution in [0.4, 0.5) is 9.52 Å². The first kappa shape index (κ1) is 22.5. The van der Waals surface area contributed by atoms with Crippen LogP contribution < -0.4 is 10.2 Å². The Labute approximate surface area is 202 Å². The van der Waals surface area contributed by atoms with Gasteiger partial charge in [0.15, 0.2) is 10.8 Å². The SMILES string of the molecule is CCc1ccc(CNC(=O)[C@H]2CCCN(c3nc4c(s3)c(C)nn4-c3ccc(F)cc3)C2)cc1. The molecule has 34 heavy (non-hydrogen) atoms. The first-order valence-corrected chi connectivity index (χ1v) is 12.6. The average molecular weight is 478 g/mol. The van der Waals surface area contributed by atoms with Gasteiger partial charge in [-0.3, -0.25) is 4.79 Å². The minimum Gasteiger partial charge on any atom is -0.352 e. The van der Waals surface area contributed by atoms with Gasteiger partial charge in [0.1, 0.15) is 5.82 Å². The molecule has 2 aromatic heterocycles. The topological polar surface area (TPSA) is 63.1 Å². The highest BCUT2D eigenvalue weighted by molar-refractivity contribution is 7.22. The van der Waals surface area contributed by atoms with E-state index in [1.54, 1.807) is 28.2 Å². The predicted octanol–water partition coefficient (Wildman–Crippen LogP) is 5.02. The molecule has 0 saturated carbocycles. The van der Waals surface area contributed by atoms with Crippen LogP contribution in [-0.4, -0.2) is 33.8 Å². The highest BCUT2D eigenvalue weighted by atomic mass is 32.1. The fourth-order valence-corrected chi connectivity index (χ4v) is 5.43. The summed E-state index contributed by atoms with van der Waals surface area (Å²) in [7, 11) is 0. The molecule has 3 heterocycles. The summed E-state index contributed by atoms with van der Waals surface area (Å²) in [6.45, 7) is 6.18. The molecule has 176 valence electrons. The lowest BCUT2D eigenvalue weighted by Crippen LogP contribution is -2.43. The van der Waals surface area contributed by atoms with Crippen LogP contribution in [0, 0.1) is 18.7 Å². The molecule has 1 N–H and O–H groups in total. The van der Waals surface area contributed by atoms with Crippen molar-refractivity contribution in [3.63, 3.8) is 0 Å². The van der Waals surface area contributed by atoms with Gasteiger partial charge in [-0.2, -0.15) is 10.1 Å². The van der Waals surface area contributed by atoms with Crippen LogP contribution in [0.2, 0.25) is 0 Å². The van der Waals surface area contributed by atoms with E-state index in [1.165, 1.54) is 17.7 Å². The summed E-state index contributed by atoms with van der Waals surface area (Å²) >= 11 is 1.60. The predicted molar refractivity (Wildman–Crippen MR) is 134 cm³/mol. The standard InChI is InChI=1S/C26H28FN5OS/c1-3-18-6-8-19(9-7-18)15-28-25(33)20-5-4-14-31(16-20)26-29-24-23(34-26)17(2)30-32(24)22-12-10-21(27)11-13-22/h6-13,20H,3-5,14-16H2,1-2H3,(H,28,33)/t20-/m0/s1. The zero-order chi connectivity index (χ0) is 23.7. The third-order valence-corrected chi connectivity index (χ3v) is 7.62. The van der Waals surface area contributed by atoms with Crippen LogP contribution in [0.5, 0.6) is 0 Å². The lowest BCUT2D eigenvalue weighted by atomic mass is 9.97. The van der Waals surface area contributed by atoms with Crippen molar-refractivity contribution in [1.29, 1.82) is 0 Å². The first-order chi connectivity index (χ1) is 16.5. The van der Waals surface area contributed by atoms with Crippen molar-refractivity contribution < 1.29 is 9.18 Å². The molecular weight excluding hydrogens is 449 g/mol. The van der Waals surface area contributed by atoms with Crippen LogP contribution in [0.1, 0.15) is 36.6 Å². The van der Waals surface area contributed by atoms with Gasteiger partial charge in [-0.25, -0.2) is 9.07 Å². The van der Waals surface area contributed by atoms with E-state index >= 15 is 0 Å². The van der Waals surface area contributed by atoms with E-state index in [9.17, 15) is 9.18 Å². The van der Waals surface area contributed by atoms with Gasteiger partial charge in [0, 0.05) is 19.6 Å².